The largest absolute Gasteiger partial charge is 0.378 e. The van der Waals surface area contributed by atoms with Crippen LogP contribution in [0.2, 0.25) is 0 Å². The first kappa shape index (κ1) is 28.1. The minimum Gasteiger partial charge on any atom is -0.378 e. The van der Waals surface area contributed by atoms with Crippen LogP contribution in [-0.4, -0.2) is 25.6 Å². The van der Waals surface area contributed by atoms with Crippen LogP contribution in [0.4, 0.5) is 17.6 Å². The van der Waals surface area contributed by atoms with Crippen molar-refractivity contribution in [2.45, 2.75) is 89.1 Å². The Morgan fingerprint density at radius 1 is 0.769 bits per heavy atom. The molecule has 3 aliphatic rings. The molecule has 5 unspecified atom stereocenters. The third kappa shape index (κ3) is 5.89. The van der Waals surface area contributed by atoms with Crippen LogP contribution in [0.25, 0.3) is 16.7 Å². The van der Waals surface area contributed by atoms with Crippen molar-refractivity contribution >= 4 is 5.57 Å². The lowest BCUT2D eigenvalue weighted by Gasteiger charge is -2.35. The fourth-order valence-electron chi connectivity index (χ4n) is 7.23. The first-order valence-corrected chi connectivity index (χ1v) is 14.6. The monoisotopic (exact) mass is 540 g/mol. The standard InChI is InChI=1S/C34H40F4O/c1-3-4-21-5-7-22(8-6-21)23-9-11-24(12-10-23)27-17-18-28(32(36)31(27)35)25-13-15-26(16-14-25)29-19-20-30(39-2)34(38)33(29)37/h3-4,11,13-18,21-23,29-30,33-34H,5-10,12,19-20H2,1-2H3/b4-3+. The van der Waals surface area contributed by atoms with Crippen molar-refractivity contribution in [2.75, 3.05) is 7.11 Å². The Labute approximate surface area is 230 Å². The molecule has 1 nitrogen and oxygen atoms in total. The molecule has 3 aliphatic carbocycles. The zero-order chi connectivity index (χ0) is 27.5. The minimum atomic E-state index is -1.67. The number of halogens is 4. The average molecular weight is 541 g/mol. The van der Waals surface area contributed by atoms with E-state index in [0.717, 1.165) is 30.8 Å². The Morgan fingerprint density at radius 3 is 2.10 bits per heavy atom. The minimum absolute atomic E-state index is 0.179. The Kier molecular flexibility index (Phi) is 8.96. The smallest absolute Gasteiger partial charge is 0.167 e. The van der Waals surface area contributed by atoms with E-state index in [2.05, 4.69) is 25.2 Å². The van der Waals surface area contributed by atoms with Crippen molar-refractivity contribution in [2.24, 2.45) is 17.8 Å². The van der Waals surface area contributed by atoms with Crippen LogP contribution in [0, 0.1) is 29.4 Å². The highest BCUT2D eigenvalue weighted by atomic mass is 19.2. The maximum atomic E-state index is 15.3. The molecule has 5 rings (SSSR count). The number of hydrogen-bond donors (Lipinski definition) is 0. The maximum Gasteiger partial charge on any atom is 0.167 e. The van der Waals surface area contributed by atoms with Crippen molar-refractivity contribution in [1.82, 2.24) is 0 Å². The van der Waals surface area contributed by atoms with Gasteiger partial charge in [0.1, 0.15) is 6.17 Å². The normalized spacial score (nSPS) is 31.8. The number of rotatable bonds is 6. The van der Waals surface area contributed by atoms with Crippen molar-refractivity contribution in [3.8, 4) is 11.1 Å². The topological polar surface area (TPSA) is 9.23 Å². The number of alkyl halides is 2. The van der Waals surface area contributed by atoms with Gasteiger partial charge in [0.05, 0.1) is 6.10 Å². The summed E-state index contributed by atoms with van der Waals surface area (Å²) in [6, 6.07) is 10.1. The number of methoxy groups -OCH3 is 1. The molecule has 0 aromatic heterocycles. The fraction of sp³-hybridized carbons (Fsp3) is 0.529. The van der Waals surface area contributed by atoms with Gasteiger partial charge in [0.2, 0.25) is 0 Å². The van der Waals surface area contributed by atoms with E-state index in [4.69, 9.17) is 4.74 Å². The van der Waals surface area contributed by atoms with Gasteiger partial charge in [-0.15, -0.1) is 0 Å². The van der Waals surface area contributed by atoms with Crippen molar-refractivity contribution in [1.29, 1.82) is 0 Å². The molecular weight excluding hydrogens is 500 g/mol. The Hall–Kier alpha value is -2.40. The van der Waals surface area contributed by atoms with E-state index in [1.807, 2.05) is 0 Å². The summed E-state index contributed by atoms with van der Waals surface area (Å²) < 4.78 is 64.8. The van der Waals surface area contributed by atoms with Gasteiger partial charge in [0, 0.05) is 24.2 Å². The van der Waals surface area contributed by atoms with E-state index in [0.29, 0.717) is 41.4 Å². The molecule has 2 aromatic rings. The van der Waals surface area contributed by atoms with Gasteiger partial charge in [-0.25, -0.2) is 17.6 Å². The summed E-state index contributed by atoms with van der Waals surface area (Å²) in [7, 11) is 1.40. The zero-order valence-corrected chi connectivity index (χ0v) is 23.0. The maximum absolute atomic E-state index is 15.3. The summed E-state index contributed by atoms with van der Waals surface area (Å²) in [6.45, 7) is 2.09. The van der Waals surface area contributed by atoms with E-state index in [9.17, 15) is 8.78 Å². The third-order valence-corrected chi connectivity index (χ3v) is 9.59. The Bertz CT molecular complexity index is 1180. The van der Waals surface area contributed by atoms with Crippen molar-refractivity contribution < 1.29 is 22.3 Å². The van der Waals surface area contributed by atoms with Crippen LogP contribution in [0.1, 0.15) is 81.8 Å². The van der Waals surface area contributed by atoms with Crippen molar-refractivity contribution in [3.63, 3.8) is 0 Å². The molecule has 0 saturated heterocycles. The molecule has 0 heterocycles. The second-order valence-electron chi connectivity index (χ2n) is 11.7. The Morgan fingerprint density at radius 2 is 1.46 bits per heavy atom. The lowest BCUT2D eigenvalue weighted by atomic mass is 9.71. The van der Waals surface area contributed by atoms with Crippen LogP contribution in [0.15, 0.2) is 54.6 Å². The molecule has 2 saturated carbocycles. The van der Waals surface area contributed by atoms with Crippen LogP contribution in [-0.2, 0) is 4.74 Å². The molecule has 5 atom stereocenters. The number of hydrogen-bond acceptors (Lipinski definition) is 1. The Balaban J connectivity index is 1.26. The van der Waals surface area contributed by atoms with Gasteiger partial charge in [0.15, 0.2) is 17.8 Å². The first-order chi connectivity index (χ1) is 18.9. The van der Waals surface area contributed by atoms with Gasteiger partial charge in [-0.2, -0.15) is 0 Å². The van der Waals surface area contributed by atoms with Crippen LogP contribution < -0.4 is 0 Å². The molecule has 5 heteroatoms. The van der Waals surface area contributed by atoms with E-state index in [-0.39, 0.29) is 5.56 Å². The summed E-state index contributed by atoms with van der Waals surface area (Å²) in [5.41, 5.74) is 2.61. The highest BCUT2D eigenvalue weighted by molar-refractivity contribution is 5.72. The SMILES string of the molecule is C/C=C/C1CCC(C2CC=C(c3ccc(-c4ccc(C5CCC(OC)C(F)C5F)cc4)c(F)c3F)CC2)CC1. The first-order valence-electron chi connectivity index (χ1n) is 14.6. The van der Waals surface area contributed by atoms with Crippen molar-refractivity contribution in [3.05, 3.63) is 77.4 Å². The number of ether oxygens (including phenoxy) is 1. The second-order valence-corrected chi connectivity index (χ2v) is 11.7. The quantitative estimate of drug-likeness (QED) is 0.262. The molecule has 210 valence electrons. The molecule has 0 radical (unpaired) electrons. The number of allylic oxidation sites excluding steroid dienone is 4. The zero-order valence-electron chi connectivity index (χ0n) is 23.0. The van der Waals surface area contributed by atoms with E-state index >= 15 is 8.78 Å². The fourth-order valence-corrected chi connectivity index (χ4v) is 7.23. The lowest BCUT2D eigenvalue weighted by Crippen LogP contribution is -2.41. The van der Waals surface area contributed by atoms with Gasteiger partial charge in [-0.3, -0.25) is 0 Å². The third-order valence-electron chi connectivity index (χ3n) is 9.59. The van der Waals surface area contributed by atoms with Gasteiger partial charge >= 0.3 is 0 Å². The number of benzene rings is 2. The van der Waals surface area contributed by atoms with Crippen LogP contribution in [0.3, 0.4) is 0 Å². The lowest BCUT2D eigenvalue weighted by molar-refractivity contribution is -0.0414. The van der Waals surface area contributed by atoms with Crippen LogP contribution >= 0.6 is 0 Å². The molecule has 0 N–H and O–H groups in total. The second kappa shape index (κ2) is 12.4. The summed E-state index contributed by atoms with van der Waals surface area (Å²) in [5, 5.41) is 0. The van der Waals surface area contributed by atoms with E-state index in [1.54, 1.807) is 36.4 Å². The average Bonchev–Trinajstić information content (AvgIpc) is 2.97. The summed E-state index contributed by atoms with van der Waals surface area (Å²) in [6.07, 6.45) is 11.2. The molecule has 0 aliphatic heterocycles. The predicted octanol–water partition coefficient (Wildman–Crippen LogP) is 9.77. The summed E-state index contributed by atoms with van der Waals surface area (Å²) >= 11 is 0. The van der Waals surface area contributed by atoms with Gasteiger partial charge in [-0.1, -0.05) is 54.6 Å². The molecule has 0 spiro atoms. The highest BCUT2D eigenvalue weighted by Gasteiger charge is 2.41. The van der Waals surface area contributed by atoms with Gasteiger partial charge in [-0.05, 0) is 99.2 Å². The van der Waals surface area contributed by atoms with E-state index < -0.39 is 36.0 Å². The van der Waals surface area contributed by atoms with Gasteiger partial charge < -0.3 is 4.74 Å². The molecule has 2 fully saturated rings. The molecule has 0 amide bonds. The molecule has 39 heavy (non-hydrogen) atoms. The van der Waals surface area contributed by atoms with E-state index in [1.165, 1.54) is 32.8 Å². The predicted molar refractivity (Wildman–Crippen MR) is 150 cm³/mol. The molecule has 0 bridgehead atoms. The molecule has 2 aromatic carbocycles. The summed E-state index contributed by atoms with van der Waals surface area (Å²) in [4.78, 5) is 0. The highest BCUT2D eigenvalue weighted by Crippen LogP contribution is 2.43. The summed E-state index contributed by atoms with van der Waals surface area (Å²) in [5.74, 6) is -0.170. The van der Waals surface area contributed by atoms with Crippen LogP contribution in [0.5, 0.6) is 0 Å². The molecular formula is C34H40F4O. The van der Waals surface area contributed by atoms with Gasteiger partial charge in [0.25, 0.3) is 0 Å².